The number of hydrogen-bond donors (Lipinski definition) is 1. The first kappa shape index (κ1) is 18.2. The molecule has 1 aliphatic carbocycles. The van der Waals surface area contributed by atoms with Crippen molar-refractivity contribution in [3.8, 4) is 0 Å². The summed E-state index contributed by atoms with van der Waals surface area (Å²) in [5.41, 5.74) is 4.28. The summed E-state index contributed by atoms with van der Waals surface area (Å²) in [6.07, 6.45) is 13.2. The van der Waals surface area contributed by atoms with E-state index < -0.39 is 0 Å². The topological polar surface area (TPSA) is 20.2 Å². The molecule has 0 aromatic rings. The van der Waals surface area contributed by atoms with Crippen molar-refractivity contribution in [2.45, 2.75) is 79.2 Å². The van der Waals surface area contributed by atoms with Crippen molar-refractivity contribution >= 4 is 0 Å². The summed E-state index contributed by atoms with van der Waals surface area (Å²) in [6, 6.07) is 0. The molecule has 0 bridgehead atoms. The first-order valence-corrected chi connectivity index (χ1v) is 8.56. The lowest BCUT2D eigenvalue weighted by atomic mass is 9.84. The van der Waals surface area contributed by atoms with Gasteiger partial charge in [-0.25, -0.2) is 0 Å². The molecule has 0 saturated carbocycles. The van der Waals surface area contributed by atoms with Gasteiger partial charge < -0.3 is 5.11 Å². The van der Waals surface area contributed by atoms with Crippen LogP contribution in [0.25, 0.3) is 0 Å². The van der Waals surface area contributed by atoms with Gasteiger partial charge in [-0.15, -0.1) is 0 Å². The Labute approximate surface area is 131 Å². The second kappa shape index (κ2) is 9.25. The fourth-order valence-corrected chi connectivity index (χ4v) is 3.09. The number of aliphatic hydroxyl groups is 1. The van der Waals surface area contributed by atoms with E-state index in [-0.39, 0.29) is 6.10 Å². The molecule has 0 unspecified atom stereocenters. The van der Waals surface area contributed by atoms with Crippen LogP contribution >= 0.6 is 0 Å². The van der Waals surface area contributed by atoms with Crippen LogP contribution in [0.4, 0.5) is 0 Å². The number of allylic oxidation sites excluding steroid dienone is 5. The summed E-state index contributed by atoms with van der Waals surface area (Å²) in [5.74, 6) is 0.885. The van der Waals surface area contributed by atoms with Gasteiger partial charge in [0, 0.05) is 0 Å². The van der Waals surface area contributed by atoms with Crippen LogP contribution in [0.3, 0.4) is 0 Å². The van der Waals surface area contributed by atoms with Gasteiger partial charge in [-0.1, -0.05) is 48.8 Å². The van der Waals surface area contributed by atoms with E-state index in [1.54, 1.807) is 0 Å². The number of rotatable bonds is 1. The van der Waals surface area contributed by atoms with Crippen molar-refractivity contribution in [1.82, 2.24) is 0 Å². The quantitative estimate of drug-likeness (QED) is 0.604. The molecule has 1 heteroatoms. The van der Waals surface area contributed by atoms with Gasteiger partial charge in [-0.3, -0.25) is 0 Å². The average molecular weight is 290 g/mol. The van der Waals surface area contributed by atoms with Crippen molar-refractivity contribution < 1.29 is 5.11 Å². The summed E-state index contributed by atoms with van der Waals surface area (Å²) < 4.78 is 0. The number of aliphatic hydroxyl groups excluding tert-OH is 1. The van der Waals surface area contributed by atoms with Crippen LogP contribution in [-0.4, -0.2) is 11.2 Å². The Bertz CT molecular complexity index is 398. The lowest BCUT2D eigenvalue weighted by Crippen LogP contribution is -2.24. The largest absolute Gasteiger partial charge is 0.389 e. The zero-order valence-electron chi connectivity index (χ0n) is 14.7. The molecule has 2 atom stereocenters. The Morgan fingerprint density at radius 2 is 1.43 bits per heavy atom. The molecule has 1 rings (SSSR count). The summed E-state index contributed by atoms with van der Waals surface area (Å²) >= 11 is 0. The van der Waals surface area contributed by atoms with E-state index in [1.807, 2.05) is 0 Å². The molecular weight excluding hydrogens is 256 g/mol. The third-order valence-corrected chi connectivity index (χ3v) is 4.69. The van der Waals surface area contributed by atoms with Gasteiger partial charge in [0.1, 0.15) is 0 Å². The zero-order valence-corrected chi connectivity index (χ0v) is 14.7. The average Bonchev–Trinajstić information content (AvgIpc) is 2.37. The number of hydrogen-bond acceptors (Lipinski definition) is 1. The Kier molecular flexibility index (Phi) is 8.03. The summed E-state index contributed by atoms with van der Waals surface area (Å²) in [7, 11) is 0. The lowest BCUT2D eigenvalue weighted by molar-refractivity contribution is 0.115. The Balaban J connectivity index is 2.88. The van der Waals surface area contributed by atoms with Gasteiger partial charge in [0.05, 0.1) is 6.10 Å². The van der Waals surface area contributed by atoms with Gasteiger partial charge in [0.2, 0.25) is 0 Å². The van der Waals surface area contributed by atoms with Crippen molar-refractivity contribution in [3.05, 3.63) is 34.9 Å². The van der Waals surface area contributed by atoms with Crippen LogP contribution in [0.2, 0.25) is 0 Å². The Morgan fingerprint density at radius 1 is 0.905 bits per heavy atom. The van der Waals surface area contributed by atoms with Crippen molar-refractivity contribution in [3.63, 3.8) is 0 Å². The molecule has 0 aliphatic heterocycles. The Morgan fingerprint density at radius 3 is 2.00 bits per heavy atom. The van der Waals surface area contributed by atoms with E-state index >= 15 is 0 Å². The SMILES string of the molecule is C/C1=C/CC/C(C)=C\[C@@H](O)[C@H](C(C)C)CC/C(C)=C\CC1. The third-order valence-electron chi connectivity index (χ3n) is 4.69. The van der Waals surface area contributed by atoms with Gasteiger partial charge >= 0.3 is 0 Å². The van der Waals surface area contributed by atoms with Crippen LogP contribution in [0.5, 0.6) is 0 Å². The second-order valence-corrected chi connectivity index (χ2v) is 7.13. The minimum atomic E-state index is -0.300. The summed E-state index contributed by atoms with van der Waals surface area (Å²) in [4.78, 5) is 0. The maximum absolute atomic E-state index is 10.5. The van der Waals surface area contributed by atoms with Gasteiger partial charge in [0.15, 0.2) is 0 Å². The maximum Gasteiger partial charge on any atom is 0.0754 e. The van der Waals surface area contributed by atoms with E-state index in [1.165, 1.54) is 23.1 Å². The molecule has 21 heavy (non-hydrogen) atoms. The molecule has 1 aliphatic rings. The predicted octanol–water partition coefficient (Wildman–Crippen LogP) is 5.81. The summed E-state index contributed by atoms with van der Waals surface area (Å²) in [6.45, 7) is 11.1. The third kappa shape index (κ3) is 7.13. The van der Waals surface area contributed by atoms with E-state index in [4.69, 9.17) is 0 Å². The highest BCUT2D eigenvalue weighted by atomic mass is 16.3. The maximum atomic E-state index is 10.5. The summed E-state index contributed by atoms with van der Waals surface area (Å²) in [5, 5.41) is 10.5. The molecule has 120 valence electrons. The first-order valence-electron chi connectivity index (χ1n) is 8.56. The highest BCUT2D eigenvalue weighted by Crippen LogP contribution is 2.26. The molecule has 0 radical (unpaired) electrons. The molecule has 1 N–H and O–H groups in total. The van der Waals surface area contributed by atoms with Gasteiger partial charge in [0.25, 0.3) is 0 Å². The van der Waals surface area contributed by atoms with Gasteiger partial charge in [-0.05, 0) is 71.1 Å². The fourth-order valence-electron chi connectivity index (χ4n) is 3.09. The minimum Gasteiger partial charge on any atom is -0.389 e. The first-order chi connectivity index (χ1) is 9.90. The molecule has 0 amide bonds. The highest BCUT2D eigenvalue weighted by Gasteiger charge is 2.20. The van der Waals surface area contributed by atoms with Crippen LogP contribution in [-0.2, 0) is 0 Å². The fraction of sp³-hybridized carbons (Fsp3) is 0.700. The predicted molar refractivity (Wildman–Crippen MR) is 93.3 cm³/mol. The molecule has 0 aromatic heterocycles. The normalized spacial score (nSPS) is 34.1. The monoisotopic (exact) mass is 290 g/mol. The van der Waals surface area contributed by atoms with E-state index in [9.17, 15) is 5.11 Å². The van der Waals surface area contributed by atoms with Crippen molar-refractivity contribution in [1.29, 1.82) is 0 Å². The lowest BCUT2D eigenvalue weighted by Gasteiger charge is -2.25. The zero-order chi connectivity index (χ0) is 15.8. The second-order valence-electron chi connectivity index (χ2n) is 7.13. The van der Waals surface area contributed by atoms with Crippen molar-refractivity contribution in [2.75, 3.05) is 0 Å². The molecule has 1 nitrogen and oxygen atoms in total. The smallest absolute Gasteiger partial charge is 0.0754 e. The van der Waals surface area contributed by atoms with Crippen LogP contribution in [0, 0.1) is 11.8 Å². The molecule has 0 heterocycles. The molecule has 0 saturated heterocycles. The van der Waals surface area contributed by atoms with Crippen LogP contribution < -0.4 is 0 Å². The molecule has 0 spiro atoms. The Hall–Kier alpha value is -0.820. The highest BCUT2D eigenvalue weighted by molar-refractivity contribution is 5.09. The molecule has 0 fully saturated rings. The van der Waals surface area contributed by atoms with Crippen LogP contribution in [0.1, 0.15) is 73.1 Å². The van der Waals surface area contributed by atoms with Crippen molar-refractivity contribution in [2.24, 2.45) is 11.8 Å². The molecular formula is C20H34O. The van der Waals surface area contributed by atoms with E-state index in [2.05, 4.69) is 52.8 Å². The molecule has 0 aromatic carbocycles. The van der Waals surface area contributed by atoms with Gasteiger partial charge in [-0.2, -0.15) is 0 Å². The standard InChI is InChI=1S/C20H34O/c1-15(2)19-13-12-17(4)10-6-8-16(3)9-7-11-18(5)14-20(19)21/h9-10,14-15,19-21H,6-8,11-13H2,1-5H3/b16-9-,17-10-,18-14-/t19-,20+/m0/s1. The van der Waals surface area contributed by atoms with Crippen LogP contribution in [0.15, 0.2) is 34.9 Å². The van der Waals surface area contributed by atoms with E-state index in [0.717, 1.165) is 32.1 Å². The minimum absolute atomic E-state index is 0.300. The van der Waals surface area contributed by atoms with E-state index in [0.29, 0.717) is 11.8 Å².